The van der Waals surface area contributed by atoms with Crippen molar-refractivity contribution in [1.82, 2.24) is 15.5 Å². The fraction of sp³-hybridized carbons (Fsp3) is 0.120. The van der Waals surface area contributed by atoms with Crippen LogP contribution in [-0.4, -0.2) is 28.2 Å². The van der Waals surface area contributed by atoms with Crippen LogP contribution in [0, 0.1) is 12.7 Å². The van der Waals surface area contributed by atoms with E-state index >= 15 is 0 Å². The van der Waals surface area contributed by atoms with E-state index in [1.165, 1.54) is 12.1 Å². The Bertz CT molecular complexity index is 1280. The number of hydrogen-bond donors (Lipinski definition) is 3. The molecule has 3 N–H and O–H groups in total. The van der Waals surface area contributed by atoms with Crippen molar-refractivity contribution < 1.29 is 14.0 Å². The Morgan fingerprint density at radius 1 is 0.941 bits per heavy atom. The Hall–Kier alpha value is -4.11. The topological polar surface area (TPSA) is 96.0 Å². The summed E-state index contributed by atoms with van der Waals surface area (Å²) in [5.41, 5.74) is 3.22. The third-order valence-electron chi connectivity index (χ3n) is 4.93. The summed E-state index contributed by atoms with van der Waals surface area (Å²) in [4.78, 5) is 25.7. The molecule has 7 nitrogen and oxygen atoms in total. The van der Waals surface area contributed by atoms with E-state index in [4.69, 9.17) is 0 Å². The van der Waals surface area contributed by atoms with Gasteiger partial charge in [0, 0.05) is 17.7 Å². The minimum atomic E-state index is -0.856. The van der Waals surface area contributed by atoms with Gasteiger partial charge in [0.25, 0.3) is 0 Å². The first-order valence-corrected chi connectivity index (χ1v) is 11.4. The second kappa shape index (κ2) is 10.7. The third kappa shape index (κ3) is 6.23. The zero-order valence-electron chi connectivity index (χ0n) is 18.3. The van der Waals surface area contributed by atoms with Crippen molar-refractivity contribution in [2.45, 2.75) is 19.4 Å². The van der Waals surface area contributed by atoms with Crippen LogP contribution in [0.3, 0.4) is 0 Å². The number of anilines is 2. The van der Waals surface area contributed by atoms with Gasteiger partial charge in [-0.1, -0.05) is 53.8 Å². The summed E-state index contributed by atoms with van der Waals surface area (Å²) >= 11 is 1.16. The molecule has 4 rings (SSSR count). The molecule has 9 heteroatoms. The molecule has 0 aliphatic carbocycles. The number of amides is 3. The average molecular weight is 476 g/mol. The maximum atomic E-state index is 13.2. The SMILES string of the molecule is Cc1cccc(NC(=O)NC(Cc2ccccc2)C(=O)Nc2nnc(-c3ccc(F)cc3)s2)c1. The van der Waals surface area contributed by atoms with Gasteiger partial charge in [0.2, 0.25) is 11.0 Å². The molecule has 0 saturated heterocycles. The Balaban J connectivity index is 1.47. The van der Waals surface area contributed by atoms with Gasteiger partial charge in [-0.15, -0.1) is 10.2 Å². The highest BCUT2D eigenvalue weighted by atomic mass is 32.1. The van der Waals surface area contributed by atoms with Gasteiger partial charge in [-0.3, -0.25) is 10.1 Å². The van der Waals surface area contributed by atoms with Crippen LogP contribution in [0.2, 0.25) is 0 Å². The molecule has 1 atom stereocenters. The Kier molecular flexibility index (Phi) is 7.24. The molecule has 1 unspecified atom stereocenters. The first-order chi connectivity index (χ1) is 16.5. The van der Waals surface area contributed by atoms with Gasteiger partial charge >= 0.3 is 6.03 Å². The minimum absolute atomic E-state index is 0.281. The van der Waals surface area contributed by atoms with E-state index in [-0.39, 0.29) is 17.4 Å². The van der Waals surface area contributed by atoms with Crippen LogP contribution < -0.4 is 16.0 Å². The first-order valence-electron chi connectivity index (χ1n) is 10.5. The Labute approximate surface area is 200 Å². The quantitative estimate of drug-likeness (QED) is 0.350. The fourth-order valence-corrected chi connectivity index (χ4v) is 4.03. The van der Waals surface area contributed by atoms with E-state index in [2.05, 4.69) is 26.1 Å². The standard InChI is InChI=1S/C25H22FN5O2S/c1-16-6-5-9-20(14-16)27-24(33)28-21(15-17-7-3-2-4-8-17)22(32)29-25-31-30-23(34-25)18-10-12-19(26)13-11-18/h2-14,21H,15H2,1H3,(H2,27,28,33)(H,29,31,32). The summed E-state index contributed by atoms with van der Waals surface area (Å²) in [6.45, 7) is 1.93. The van der Waals surface area contributed by atoms with Crippen LogP contribution in [0.1, 0.15) is 11.1 Å². The molecule has 4 aromatic rings. The summed E-state index contributed by atoms with van der Waals surface area (Å²) in [5, 5.41) is 17.2. The van der Waals surface area contributed by atoms with E-state index in [0.717, 1.165) is 22.5 Å². The van der Waals surface area contributed by atoms with Gasteiger partial charge < -0.3 is 10.6 Å². The molecule has 34 heavy (non-hydrogen) atoms. The molecule has 0 bridgehead atoms. The lowest BCUT2D eigenvalue weighted by atomic mass is 10.1. The molecule has 0 spiro atoms. The van der Waals surface area contributed by atoms with Crippen molar-refractivity contribution in [3.63, 3.8) is 0 Å². The number of benzene rings is 3. The summed E-state index contributed by atoms with van der Waals surface area (Å²) in [6.07, 6.45) is 0.289. The molecule has 1 aromatic heterocycles. The summed E-state index contributed by atoms with van der Waals surface area (Å²) in [7, 11) is 0. The first kappa shape index (κ1) is 23.1. The summed E-state index contributed by atoms with van der Waals surface area (Å²) in [6, 6.07) is 21.3. The molecule has 3 amide bonds. The van der Waals surface area contributed by atoms with Crippen molar-refractivity contribution in [3.05, 3.63) is 95.8 Å². The third-order valence-corrected chi connectivity index (χ3v) is 5.81. The predicted molar refractivity (Wildman–Crippen MR) is 131 cm³/mol. The Morgan fingerprint density at radius 2 is 1.71 bits per heavy atom. The molecule has 3 aromatic carbocycles. The maximum absolute atomic E-state index is 13.2. The maximum Gasteiger partial charge on any atom is 0.319 e. The molecule has 0 aliphatic rings. The van der Waals surface area contributed by atoms with Gasteiger partial charge in [-0.25, -0.2) is 9.18 Å². The molecule has 0 saturated carbocycles. The molecule has 0 fully saturated rings. The second-order valence-electron chi connectivity index (χ2n) is 7.62. The van der Waals surface area contributed by atoms with Gasteiger partial charge in [-0.2, -0.15) is 0 Å². The zero-order chi connectivity index (χ0) is 23.9. The van der Waals surface area contributed by atoms with E-state index in [1.54, 1.807) is 18.2 Å². The smallest absolute Gasteiger partial charge is 0.319 e. The van der Waals surface area contributed by atoms with Gasteiger partial charge in [-0.05, 0) is 54.4 Å². The second-order valence-corrected chi connectivity index (χ2v) is 8.60. The largest absolute Gasteiger partial charge is 0.326 e. The van der Waals surface area contributed by atoms with Crippen molar-refractivity contribution >= 4 is 34.1 Å². The van der Waals surface area contributed by atoms with E-state index < -0.39 is 18.0 Å². The summed E-state index contributed by atoms with van der Waals surface area (Å²) < 4.78 is 13.2. The number of nitrogens with zero attached hydrogens (tertiary/aromatic N) is 2. The lowest BCUT2D eigenvalue weighted by Gasteiger charge is -2.18. The predicted octanol–water partition coefficient (Wildman–Crippen LogP) is 5.02. The number of carbonyl (C=O) groups is 2. The highest BCUT2D eigenvalue weighted by Crippen LogP contribution is 2.26. The van der Waals surface area contributed by atoms with Crippen molar-refractivity contribution in [2.24, 2.45) is 0 Å². The van der Waals surface area contributed by atoms with E-state index in [1.807, 2.05) is 55.5 Å². The van der Waals surface area contributed by atoms with Crippen LogP contribution in [0.5, 0.6) is 0 Å². The molecule has 0 aliphatic heterocycles. The van der Waals surface area contributed by atoms with Gasteiger partial charge in [0.05, 0.1) is 0 Å². The number of hydrogen-bond acceptors (Lipinski definition) is 5. The van der Waals surface area contributed by atoms with Crippen molar-refractivity contribution in [1.29, 1.82) is 0 Å². The lowest BCUT2D eigenvalue weighted by Crippen LogP contribution is -2.46. The fourth-order valence-electron chi connectivity index (χ4n) is 3.28. The van der Waals surface area contributed by atoms with Crippen LogP contribution in [0.25, 0.3) is 10.6 Å². The number of carbonyl (C=O) groups excluding carboxylic acids is 2. The molecular weight excluding hydrogens is 453 g/mol. The van der Waals surface area contributed by atoms with Crippen LogP contribution in [-0.2, 0) is 11.2 Å². The van der Waals surface area contributed by atoms with E-state index in [9.17, 15) is 14.0 Å². The Morgan fingerprint density at radius 3 is 2.44 bits per heavy atom. The minimum Gasteiger partial charge on any atom is -0.326 e. The number of rotatable bonds is 7. The lowest BCUT2D eigenvalue weighted by molar-refractivity contribution is -0.117. The van der Waals surface area contributed by atoms with Crippen molar-refractivity contribution in [3.8, 4) is 10.6 Å². The number of aromatic nitrogens is 2. The zero-order valence-corrected chi connectivity index (χ0v) is 19.1. The van der Waals surface area contributed by atoms with E-state index in [0.29, 0.717) is 16.3 Å². The van der Waals surface area contributed by atoms with Gasteiger partial charge in [0.1, 0.15) is 16.9 Å². The molecule has 172 valence electrons. The highest BCUT2D eigenvalue weighted by Gasteiger charge is 2.23. The molecule has 1 heterocycles. The van der Waals surface area contributed by atoms with Crippen molar-refractivity contribution in [2.75, 3.05) is 10.6 Å². The van der Waals surface area contributed by atoms with Gasteiger partial charge in [0.15, 0.2) is 0 Å². The summed E-state index contributed by atoms with van der Waals surface area (Å²) in [5.74, 6) is -0.773. The molecular formula is C25H22FN5O2S. The number of aryl methyl sites for hydroxylation is 1. The number of halogens is 1. The number of urea groups is 1. The monoisotopic (exact) mass is 475 g/mol. The average Bonchev–Trinajstić information content (AvgIpc) is 3.28. The van der Waals surface area contributed by atoms with Crippen LogP contribution in [0.4, 0.5) is 20.0 Å². The molecule has 0 radical (unpaired) electrons. The van der Waals surface area contributed by atoms with Crippen LogP contribution in [0.15, 0.2) is 78.9 Å². The van der Waals surface area contributed by atoms with Crippen LogP contribution >= 0.6 is 11.3 Å². The highest BCUT2D eigenvalue weighted by molar-refractivity contribution is 7.18. The number of nitrogens with one attached hydrogen (secondary N) is 3. The normalized spacial score (nSPS) is 11.5.